The summed E-state index contributed by atoms with van der Waals surface area (Å²) in [5.74, 6) is 0.374. The minimum atomic E-state index is -0.477. The van der Waals surface area contributed by atoms with Crippen LogP contribution in [0, 0.1) is 5.82 Å². The number of para-hydroxylation sites is 1. The topological polar surface area (TPSA) is 65.4 Å². The second-order valence-electron chi connectivity index (χ2n) is 6.31. The lowest BCUT2D eigenvalue weighted by Crippen LogP contribution is -2.11. The van der Waals surface area contributed by atoms with Crippen molar-refractivity contribution in [3.63, 3.8) is 0 Å². The number of aromatic nitrogens is 2. The third-order valence-corrected chi connectivity index (χ3v) is 5.71. The van der Waals surface area contributed by atoms with Gasteiger partial charge in [-0.25, -0.2) is 4.39 Å². The van der Waals surface area contributed by atoms with Gasteiger partial charge in [-0.05, 0) is 36.4 Å². The number of carbonyl (C=O) groups excluding carboxylic acids is 1. The monoisotopic (exact) mass is 411 g/mol. The first kappa shape index (κ1) is 18.9. The summed E-state index contributed by atoms with van der Waals surface area (Å²) in [5.41, 5.74) is 1.71. The molecule has 2 aromatic heterocycles. The highest BCUT2D eigenvalue weighted by atomic mass is 32.1. The van der Waals surface area contributed by atoms with Gasteiger partial charge in [-0.1, -0.05) is 12.1 Å². The Kier molecular flexibility index (Phi) is 4.94. The summed E-state index contributed by atoms with van der Waals surface area (Å²) in [7, 11) is 4.98. The minimum absolute atomic E-state index is 0.146. The second-order valence-corrected chi connectivity index (χ2v) is 7.34. The molecular weight excluding hydrogens is 393 g/mol. The summed E-state index contributed by atoms with van der Waals surface area (Å²) in [6, 6.07) is 13.4. The molecule has 0 fully saturated rings. The molecule has 0 radical (unpaired) electrons. The van der Waals surface area contributed by atoms with Crippen molar-refractivity contribution in [1.29, 1.82) is 0 Å². The Hall–Kier alpha value is -3.39. The van der Waals surface area contributed by atoms with Crippen LogP contribution in [0.5, 0.6) is 11.5 Å². The highest BCUT2D eigenvalue weighted by Gasteiger charge is 2.19. The maximum absolute atomic E-state index is 13.8. The molecule has 2 heterocycles. The molecule has 0 saturated carbocycles. The molecule has 0 aliphatic heterocycles. The van der Waals surface area contributed by atoms with E-state index in [0.29, 0.717) is 16.4 Å². The lowest BCUT2D eigenvalue weighted by molar-refractivity contribution is 0.103. The highest BCUT2D eigenvalue weighted by Crippen LogP contribution is 2.37. The van der Waals surface area contributed by atoms with E-state index in [2.05, 4.69) is 10.4 Å². The van der Waals surface area contributed by atoms with Crippen LogP contribution >= 0.6 is 11.3 Å². The predicted octanol–water partition coefficient (Wildman–Crippen LogP) is 4.71. The van der Waals surface area contributed by atoms with Crippen molar-refractivity contribution in [3.05, 3.63) is 59.2 Å². The van der Waals surface area contributed by atoms with Crippen molar-refractivity contribution in [3.8, 4) is 22.8 Å². The van der Waals surface area contributed by atoms with E-state index in [1.807, 2.05) is 25.2 Å². The normalized spacial score (nSPS) is 10.9. The van der Waals surface area contributed by atoms with Gasteiger partial charge >= 0.3 is 0 Å². The largest absolute Gasteiger partial charge is 0.493 e. The number of halogens is 1. The number of anilines is 1. The van der Waals surface area contributed by atoms with Crippen LogP contribution in [-0.4, -0.2) is 29.9 Å². The molecule has 0 atom stereocenters. The standard InChI is InChI=1S/C21H18FN3O3S/c1-25-21-13(19(24-25)12-8-9-16(27-2)17(10-12)28-3)11-18(29-21)20(26)23-15-7-5-4-6-14(15)22/h4-11H,1-3H3,(H,23,26). The molecule has 0 aliphatic rings. The molecule has 0 spiro atoms. The first-order valence-corrected chi connectivity index (χ1v) is 9.58. The zero-order valence-electron chi connectivity index (χ0n) is 16.0. The van der Waals surface area contributed by atoms with Crippen molar-refractivity contribution < 1.29 is 18.7 Å². The number of ether oxygens (including phenoxy) is 2. The van der Waals surface area contributed by atoms with E-state index in [1.165, 1.54) is 23.5 Å². The maximum Gasteiger partial charge on any atom is 0.265 e. The predicted molar refractivity (Wildman–Crippen MR) is 111 cm³/mol. The molecular formula is C21H18FN3O3S. The SMILES string of the molecule is COc1ccc(-c2nn(C)c3sc(C(=O)Nc4ccccc4F)cc23)cc1OC. The van der Waals surface area contributed by atoms with E-state index >= 15 is 0 Å². The van der Waals surface area contributed by atoms with Gasteiger partial charge in [0.25, 0.3) is 5.91 Å². The van der Waals surface area contributed by atoms with Crippen molar-refractivity contribution in [2.45, 2.75) is 0 Å². The fourth-order valence-electron chi connectivity index (χ4n) is 3.10. The van der Waals surface area contributed by atoms with Crippen LogP contribution in [-0.2, 0) is 7.05 Å². The van der Waals surface area contributed by atoms with E-state index in [4.69, 9.17) is 9.47 Å². The number of nitrogens with one attached hydrogen (secondary N) is 1. The molecule has 29 heavy (non-hydrogen) atoms. The number of methoxy groups -OCH3 is 2. The summed E-state index contributed by atoms with van der Waals surface area (Å²) >= 11 is 1.30. The summed E-state index contributed by atoms with van der Waals surface area (Å²) in [6.07, 6.45) is 0. The first-order chi connectivity index (χ1) is 14.0. The van der Waals surface area contributed by atoms with Gasteiger partial charge in [-0.2, -0.15) is 5.10 Å². The molecule has 1 amide bonds. The van der Waals surface area contributed by atoms with Crippen LogP contribution in [0.2, 0.25) is 0 Å². The van der Waals surface area contributed by atoms with Gasteiger partial charge in [0.05, 0.1) is 24.8 Å². The van der Waals surface area contributed by atoms with E-state index < -0.39 is 5.82 Å². The van der Waals surface area contributed by atoms with Gasteiger partial charge in [-0.15, -0.1) is 11.3 Å². The van der Waals surface area contributed by atoms with Gasteiger partial charge in [0.2, 0.25) is 0 Å². The molecule has 8 heteroatoms. The number of carbonyl (C=O) groups is 1. The lowest BCUT2D eigenvalue weighted by Gasteiger charge is -2.08. The molecule has 6 nitrogen and oxygen atoms in total. The second kappa shape index (κ2) is 7.56. The average molecular weight is 411 g/mol. The average Bonchev–Trinajstić information content (AvgIpc) is 3.30. The van der Waals surface area contributed by atoms with Crippen molar-refractivity contribution >= 4 is 33.1 Å². The van der Waals surface area contributed by atoms with Gasteiger partial charge in [0.15, 0.2) is 11.5 Å². The number of aryl methyl sites for hydroxylation is 1. The van der Waals surface area contributed by atoms with Gasteiger partial charge in [0, 0.05) is 18.0 Å². The summed E-state index contributed by atoms with van der Waals surface area (Å²) in [5, 5.41) is 8.04. The molecule has 148 valence electrons. The third-order valence-electron chi connectivity index (χ3n) is 4.51. The molecule has 4 rings (SSSR count). The smallest absolute Gasteiger partial charge is 0.265 e. The van der Waals surface area contributed by atoms with Crippen LogP contribution in [0.25, 0.3) is 21.5 Å². The number of nitrogens with zero attached hydrogens (tertiary/aromatic N) is 2. The Morgan fingerprint density at radius 3 is 2.59 bits per heavy atom. The Morgan fingerprint density at radius 2 is 1.86 bits per heavy atom. The number of amides is 1. The summed E-state index contributed by atoms with van der Waals surface area (Å²) in [4.78, 5) is 14.0. The Balaban J connectivity index is 1.72. The zero-order valence-corrected chi connectivity index (χ0v) is 16.8. The number of benzene rings is 2. The Bertz CT molecular complexity index is 1220. The minimum Gasteiger partial charge on any atom is -0.493 e. The third kappa shape index (κ3) is 3.42. The number of fused-ring (bicyclic) bond motifs is 1. The van der Waals surface area contributed by atoms with Crippen molar-refractivity contribution in [1.82, 2.24) is 9.78 Å². The van der Waals surface area contributed by atoms with Crippen molar-refractivity contribution in [2.75, 3.05) is 19.5 Å². The zero-order chi connectivity index (χ0) is 20.5. The van der Waals surface area contributed by atoms with Crippen LogP contribution in [0.3, 0.4) is 0 Å². The van der Waals surface area contributed by atoms with Crippen molar-refractivity contribution in [2.24, 2.45) is 7.05 Å². The number of rotatable bonds is 5. The molecule has 0 bridgehead atoms. The number of hydrogen-bond donors (Lipinski definition) is 1. The summed E-state index contributed by atoms with van der Waals surface area (Å²) in [6.45, 7) is 0. The van der Waals surface area contributed by atoms with E-state index in [-0.39, 0.29) is 11.6 Å². The molecule has 0 unspecified atom stereocenters. The molecule has 4 aromatic rings. The fourth-order valence-corrected chi connectivity index (χ4v) is 4.06. The quantitative estimate of drug-likeness (QED) is 0.517. The number of hydrogen-bond acceptors (Lipinski definition) is 5. The molecule has 2 aromatic carbocycles. The van der Waals surface area contributed by atoms with Gasteiger partial charge in [-0.3, -0.25) is 9.48 Å². The Morgan fingerprint density at radius 1 is 1.10 bits per heavy atom. The van der Waals surface area contributed by atoms with E-state index in [0.717, 1.165) is 21.5 Å². The molecule has 1 N–H and O–H groups in total. The summed E-state index contributed by atoms with van der Waals surface area (Å²) < 4.78 is 26.2. The van der Waals surface area contributed by atoms with E-state index in [1.54, 1.807) is 37.1 Å². The first-order valence-electron chi connectivity index (χ1n) is 8.76. The fraction of sp³-hybridized carbons (Fsp3) is 0.143. The lowest BCUT2D eigenvalue weighted by atomic mass is 10.1. The van der Waals surface area contributed by atoms with Crippen LogP contribution in [0.4, 0.5) is 10.1 Å². The van der Waals surface area contributed by atoms with Crippen LogP contribution in [0.1, 0.15) is 9.67 Å². The van der Waals surface area contributed by atoms with Crippen LogP contribution < -0.4 is 14.8 Å². The Labute approximate surface area is 170 Å². The van der Waals surface area contributed by atoms with Gasteiger partial charge < -0.3 is 14.8 Å². The molecule has 0 aliphatic carbocycles. The van der Waals surface area contributed by atoms with E-state index in [9.17, 15) is 9.18 Å². The van der Waals surface area contributed by atoms with Gasteiger partial charge in [0.1, 0.15) is 16.3 Å². The molecule has 0 saturated heterocycles. The number of thiophene rings is 1. The maximum atomic E-state index is 13.8. The van der Waals surface area contributed by atoms with Crippen LogP contribution in [0.15, 0.2) is 48.5 Å². The highest BCUT2D eigenvalue weighted by molar-refractivity contribution is 7.20.